The van der Waals surface area contributed by atoms with Crippen LogP contribution in [0.5, 0.6) is 5.75 Å². The van der Waals surface area contributed by atoms with Gasteiger partial charge in [0, 0.05) is 38.4 Å². The van der Waals surface area contributed by atoms with Gasteiger partial charge in [0.15, 0.2) is 17.3 Å². The summed E-state index contributed by atoms with van der Waals surface area (Å²) < 4.78 is 21.1. The molecule has 4 heterocycles. The predicted octanol–water partition coefficient (Wildman–Crippen LogP) is 2.93. The van der Waals surface area contributed by atoms with Crippen molar-refractivity contribution in [2.24, 2.45) is 0 Å². The number of nitrogens with one attached hydrogen (secondary N) is 2. The summed E-state index contributed by atoms with van der Waals surface area (Å²) in [6.45, 7) is 6.58. The van der Waals surface area contributed by atoms with E-state index in [-0.39, 0.29) is 12.0 Å². The molecule has 3 aromatic heterocycles. The highest BCUT2D eigenvalue weighted by Gasteiger charge is 2.20. The zero-order valence-corrected chi connectivity index (χ0v) is 19.4. The average molecular weight is 477 g/mol. The third kappa shape index (κ3) is 4.90. The number of hydrogen-bond acceptors (Lipinski definition) is 8. The second-order valence-electron chi connectivity index (χ2n) is 8.38. The Morgan fingerprint density at radius 2 is 1.97 bits per heavy atom. The van der Waals surface area contributed by atoms with Crippen LogP contribution in [0.25, 0.3) is 16.9 Å². The fraction of sp³-hybridized carbons (Fsp3) is 0.292. The molecule has 1 aromatic carbocycles. The van der Waals surface area contributed by atoms with Gasteiger partial charge in [0.1, 0.15) is 23.4 Å². The maximum absolute atomic E-state index is 13.8. The Bertz CT molecular complexity index is 1370. The maximum atomic E-state index is 13.8. The minimum Gasteiger partial charge on any atom is -0.489 e. The lowest BCUT2D eigenvalue weighted by molar-refractivity contribution is 0.0729. The number of benzene rings is 1. The highest BCUT2D eigenvalue weighted by Crippen LogP contribution is 2.31. The van der Waals surface area contributed by atoms with E-state index < -0.39 is 5.82 Å². The van der Waals surface area contributed by atoms with Crippen LogP contribution in [0.2, 0.25) is 0 Å². The van der Waals surface area contributed by atoms with Crippen LogP contribution < -0.4 is 15.4 Å². The summed E-state index contributed by atoms with van der Waals surface area (Å²) in [6.07, 6.45) is 2.99. The molecule has 4 aromatic rings. The van der Waals surface area contributed by atoms with Crippen LogP contribution in [0.3, 0.4) is 0 Å². The third-order valence-electron chi connectivity index (χ3n) is 5.47. The van der Waals surface area contributed by atoms with Crippen molar-refractivity contribution >= 4 is 28.4 Å². The Labute approximate surface area is 201 Å². The first-order valence-electron chi connectivity index (χ1n) is 11.4. The van der Waals surface area contributed by atoms with Gasteiger partial charge in [0.2, 0.25) is 0 Å². The summed E-state index contributed by atoms with van der Waals surface area (Å²) in [4.78, 5) is 27.9. The molecule has 5 rings (SSSR count). The van der Waals surface area contributed by atoms with E-state index in [0.717, 1.165) is 13.1 Å². The molecule has 1 aliphatic heterocycles. The van der Waals surface area contributed by atoms with Crippen molar-refractivity contribution in [3.8, 4) is 11.6 Å². The molecule has 1 aliphatic rings. The van der Waals surface area contributed by atoms with Gasteiger partial charge in [0.05, 0.1) is 17.3 Å². The lowest BCUT2D eigenvalue weighted by Gasteiger charge is -2.26. The van der Waals surface area contributed by atoms with Gasteiger partial charge in [-0.05, 0) is 44.2 Å². The Hall–Kier alpha value is -4.12. The Balaban J connectivity index is 1.46. The van der Waals surface area contributed by atoms with E-state index in [2.05, 4.69) is 25.7 Å². The van der Waals surface area contributed by atoms with Gasteiger partial charge in [-0.3, -0.25) is 4.79 Å². The number of amides is 1. The van der Waals surface area contributed by atoms with Crippen LogP contribution in [0.4, 0.5) is 15.9 Å². The molecule has 0 spiro atoms. The molecule has 180 valence electrons. The van der Waals surface area contributed by atoms with Crippen molar-refractivity contribution in [1.29, 1.82) is 0 Å². The number of hydrogen-bond donors (Lipinski definition) is 2. The molecule has 0 bridgehead atoms. The zero-order chi connectivity index (χ0) is 24.4. The van der Waals surface area contributed by atoms with Crippen molar-refractivity contribution in [1.82, 2.24) is 34.9 Å². The average Bonchev–Trinajstić information content (AvgIpc) is 3.36. The number of fused-ring (bicyclic) bond motifs is 1. The van der Waals surface area contributed by atoms with Crippen LogP contribution in [0.15, 0.2) is 48.9 Å². The number of anilines is 2. The summed E-state index contributed by atoms with van der Waals surface area (Å²) in [7, 11) is 0. The molecule has 0 aliphatic carbocycles. The van der Waals surface area contributed by atoms with E-state index >= 15 is 0 Å². The number of piperazine rings is 1. The van der Waals surface area contributed by atoms with Gasteiger partial charge < -0.3 is 20.3 Å². The van der Waals surface area contributed by atoms with Crippen molar-refractivity contribution in [3.05, 3.63) is 60.4 Å². The van der Waals surface area contributed by atoms with E-state index in [1.54, 1.807) is 40.0 Å². The molecule has 10 nitrogen and oxygen atoms in total. The number of aromatic nitrogens is 5. The highest BCUT2D eigenvalue weighted by molar-refractivity contribution is 5.92. The number of carbonyl (C=O) groups excluding carboxylic acids is 1. The Morgan fingerprint density at radius 3 is 2.77 bits per heavy atom. The van der Waals surface area contributed by atoms with Gasteiger partial charge in [-0.25, -0.2) is 24.0 Å². The second-order valence-corrected chi connectivity index (χ2v) is 8.38. The van der Waals surface area contributed by atoms with Crippen LogP contribution in [0, 0.1) is 5.82 Å². The van der Waals surface area contributed by atoms with Crippen LogP contribution in [-0.4, -0.2) is 67.8 Å². The fourth-order valence-electron chi connectivity index (χ4n) is 3.82. The van der Waals surface area contributed by atoms with Crippen molar-refractivity contribution in [2.75, 3.05) is 31.5 Å². The molecular weight excluding hydrogens is 451 g/mol. The summed E-state index contributed by atoms with van der Waals surface area (Å²) >= 11 is 0. The van der Waals surface area contributed by atoms with Crippen LogP contribution in [-0.2, 0) is 0 Å². The predicted molar refractivity (Wildman–Crippen MR) is 129 cm³/mol. The first kappa shape index (κ1) is 22.7. The van der Waals surface area contributed by atoms with Crippen molar-refractivity contribution < 1.29 is 13.9 Å². The van der Waals surface area contributed by atoms with Crippen molar-refractivity contribution in [3.63, 3.8) is 0 Å². The van der Waals surface area contributed by atoms with Crippen molar-refractivity contribution in [2.45, 2.75) is 20.0 Å². The van der Waals surface area contributed by atoms with Crippen LogP contribution >= 0.6 is 0 Å². The first-order chi connectivity index (χ1) is 17.0. The fourth-order valence-corrected chi connectivity index (χ4v) is 3.82. The Kier molecular flexibility index (Phi) is 6.23. The summed E-state index contributed by atoms with van der Waals surface area (Å²) in [6, 6.07) is 9.53. The SMILES string of the molecule is CC(C)Oc1cc(F)ccc1Nc1ncnc2ccc(-n3ccc(C(=O)N4CCNCC4)n3)nc12. The van der Waals surface area contributed by atoms with E-state index in [4.69, 9.17) is 9.72 Å². The zero-order valence-electron chi connectivity index (χ0n) is 19.4. The quantitative estimate of drug-likeness (QED) is 0.437. The minimum atomic E-state index is -0.399. The smallest absolute Gasteiger partial charge is 0.274 e. The van der Waals surface area contributed by atoms with Gasteiger partial charge in [0.25, 0.3) is 5.91 Å². The van der Waals surface area contributed by atoms with Gasteiger partial charge in [-0.15, -0.1) is 0 Å². The van der Waals surface area contributed by atoms with E-state index in [9.17, 15) is 9.18 Å². The topological polar surface area (TPSA) is 110 Å². The lowest BCUT2D eigenvalue weighted by Crippen LogP contribution is -2.46. The molecular formula is C24H25FN8O2. The summed E-state index contributed by atoms with van der Waals surface area (Å²) in [5.74, 6) is 0.801. The van der Waals surface area contributed by atoms with Crippen LogP contribution in [0.1, 0.15) is 24.3 Å². The molecule has 0 unspecified atom stereocenters. The molecule has 0 atom stereocenters. The summed E-state index contributed by atoms with van der Waals surface area (Å²) in [5, 5.41) is 10.9. The lowest BCUT2D eigenvalue weighted by atomic mass is 10.2. The van der Waals surface area contributed by atoms with E-state index in [0.29, 0.717) is 52.9 Å². The van der Waals surface area contributed by atoms with E-state index in [1.807, 2.05) is 13.8 Å². The molecule has 0 radical (unpaired) electrons. The number of pyridine rings is 1. The Morgan fingerprint density at radius 1 is 1.14 bits per heavy atom. The molecule has 0 saturated carbocycles. The maximum Gasteiger partial charge on any atom is 0.274 e. The molecule has 35 heavy (non-hydrogen) atoms. The van der Waals surface area contributed by atoms with Gasteiger partial charge >= 0.3 is 0 Å². The molecule has 1 saturated heterocycles. The number of nitrogens with zero attached hydrogens (tertiary/aromatic N) is 6. The van der Waals surface area contributed by atoms with E-state index in [1.165, 1.54) is 18.5 Å². The molecule has 1 amide bonds. The second kappa shape index (κ2) is 9.63. The molecule has 1 fully saturated rings. The van der Waals surface area contributed by atoms with Gasteiger partial charge in [-0.1, -0.05) is 0 Å². The normalized spacial score (nSPS) is 13.9. The molecule has 11 heteroatoms. The minimum absolute atomic E-state index is 0.106. The highest BCUT2D eigenvalue weighted by atomic mass is 19.1. The van der Waals surface area contributed by atoms with Gasteiger partial charge in [-0.2, -0.15) is 5.10 Å². The summed E-state index contributed by atoms with van der Waals surface area (Å²) in [5.41, 5.74) is 2.02. The molecule has 2 N–H and O–H groups in total. The number of carbonyl (C=O) groups is 1. The standard InChI is InChI=1S/C24H25FN8O2/c1-15(2)35-20-13-16(25)3-4-17(20)29-23-22-18(27-14-28-23)5-6-21(30-22)33-10-7-19(31-33)24(34)32-11-8-26-9-12-32/h3-7,10,13-15,26H,8-9,11-12H2,1-2H3,(H,27,28,29). The largest absolute Gasteiger partial charge is 0.489 e. The number of halogens is 1. The number of ether oxygens (including phenoxy) is 1. The number of rotatable bonds is 6. The first-order valence-corrected chi connectivity index (χ1v) is 11.4. The monoisotopic (exact) mass is 476 g/mol. The third-order valence-corrected chi connectivity index (χ3v) is 5.47.